The van der Waals surface area contributed by atoms with Gasteiger partial charge in [-0.05, 0) is 61.7 Å². The summed E-state index contributed by atoms with van der Waals surface area (Å²) >= 11 is 0. The lowest BCUT2D eigenvalue weighted by molar-refractivity contribution is 0.362. The Morgan fingerprint density at radius 3 is 2.60 bits per heavy atom. The van der Waals surface area contributed by atoms with E-state index in [1.54, 1.807) is 5.57 Å². The highest BCUT2D eigenvalue weighted by Gasteiger charge is 2.62. The molecule has 0 bridgehead atoms. The van der Waals surface area contributed by atoms with Crippen LogP contribution in [0.4, 0.5) is 0 Å². The van der Waals surface area contributed by atoms with Gasteiger partial charge in [-0.25, -0.2) is 0 Å². The fourth-order valence-corrected chi connectivity index (χ4v) is 4.73. The van der Waals surface area contributed by atoms with E-state index in [0.29, 0.717) is 5.41 Å². The molecule has 0 aromatic carbocycles. The summed E-state index contributed by atoms with van der Waals surface area (Å²) in [4.78, 5) is 0. The van der Waals surface area contributed by atoms with Crippen LogP contribution in [-0.2, 0) is 0 Å². The van der Waals surface area contributed by atoms with E-state index in [-0.39, 0.29) is 0 Å². The third kappa shape index (κ3) is 1.20. The highest BCUT2D eigenvalue weighted by molar-refractivity contribution is 5.29. The second-order valence-corrected chi connectivity index (χ2v) is 6.84. The summed E-state index contributed by atoms with van der Waals surface area (Å²) in [5.41, 5.74) is 4.29. The van der Waals surface area contributed by atoms with Gasteiger partial charge in [-0.1, -0.05) is 31.9 Å². The van der Waals surface area contributed by atoms with Crippen LogP contribution < -0.4 is 0 Å². The molecule has 15 heavy (non-hydrogen) atoms. The van der Waals surface area contributed by atoms with E-state index in [4.69, 9.17) is 0 Å². The molecule has 0 aliphatic heterocycles. The van der Waals surface area contributed by atoms with E-state index in [9.17, 15) is 0 Å². The smallest absolute Gasteiger partial charge is 0.0138 e. The molecule has 0 nitrogen and oxygen atoms in total. The number of allylic oxidation sites excluding steroid dienone is 2. The topological polar surface area (TPSA) is 0 Å². The second-order valence-electron chi connectivity index (χ2n) is 6.84. The van der Waals surface area contributed by atoms with Gasteiger partial charge in [-0.2, -0.15) is 0 Å². The van der Waals surface area contributed by atoms with E-state index in [1.165, 1.54) is 25.7 Å². The Bertz CT molecular complexity index is 321. The first-order valence-corrected chi connectivity index (χ1v) is 6.72. The van der Waals surface area contributed by atoms with Crippen LogP contribution in [0.2, 0.25) is 0 Å². The molecule has 0 amide bonds. The normalized spacial score (nSPS) is 47.2. The van der Waals surface area contributed by atoms with Crippen molar-refractivity contribution in [2.24, 2.45) is 29.1 Å². The Labute approximate surface area is 94.1 Å². The van der Waals surface area contributed by atoms with Gasteiger partial charge in [-0.3, -0.25) is 0 Å². The lowest BCUT2D eigenvalue weighted by Gasteiger charge is -2.20. The van der Waals surface area contributed by atoms with Crippen molar-refractivity contribution in [1.29, 1.82) is 0 Å². The Morgan fingerprint density at radius 2 is 1.87 bits per heavy atom. The maximum absolute atomic E-state index is 2.51. The van der Waals surface area contributed by atoms with Gasteiger partial charge in [0.2, 0.25) is 0 Å². The molecule has 3 aliphatic carbocycles. The van der Waals surface area contributed by atoms with Crippen LogP contribution in [0, 0.1) is 29.1 Å². The maximum Gasteiger partial charge on any atom is -0.0138 e. The summed E-state index contributed by atoms with van der Waals surface area (Å²) < 4.78 is 0. The van der Waals surface area contributed by atoms with Crippen molar-refractivity contribution in [3.63, 3.8) is 0 Å². The minimum Gasteiger partial charge on any atom is -0.0738 e. The zero-order chi connectivity index (χ0) is 10.8. The average molecular weight is 204 g/mol. The lowest BCUT2D eigenvalue weighted by atomic mass is 9.85. The molecule has 1 unspecified atom stereocenters. The fraction of sp³-hybridized carbons (Fsp3) is 0.867. The first-order valence-electron chi connectivity index (χ1n) is 6.72. The van der Waals surface area contributed by atoms with Gasteiger partial charge in [0.25, 0.3) is 0 Å². The van der Waals surface area contributed by atoms with Gasteiger partial charge in [-0.15, -0.1) is 0 Å². The predicted octanol–water partition coefficient (Wildman–Crippen LogP) is 4.42. The van der Waals surface area contributed by atoms with Crippen LogP contribution in [0.1, 0.15) is 53.4 Å². The summed E-state index contributed by atoms with van der Waals surface area (Å²) in [5.74, 6) is 3.99. The molecule has 3 rings (SSSR count). The van der Waals surface area contributed by atoms with Gasteiger partial charge < -0.3 is 0 Å². The van der Waals surface area contributed by atoms with Crippen LogP contribution in [0.3, 0.4) is 0 Å². The summed E-state index contributed by atoms with van der Waals surface area (Å²) in [6.45, 7) is 9.90. The molecule has 0 spiro atoms. The minimum absolute atomic E-state index is 0.662. The van der Waals surface area contributed by atoms with E-state index < -0.39 is 0 Å². The largest absolute Gasteiger partial charge is 0.0738 e. The molecule has 0 heteroatoms. The molecule has 4 atom stereocenters. The zero-order valence-corrected chi connectivity index (χ0v) is 10.6. The Morgan fingerprint density at radius 1 is 1.13 bits per heavy atom. The molecule has 0 radical (unpaired) electrons. The van der Waals surface area contributed by atoms with Gasteiger partial charge in [0.1, 0.15) is 0 Å². The van der Waals surface area contributed by atoms with Crippen molar-refractivity contribution in [3.8, 4) is 0 Å². The van der Waals surface area contributed by atoms with Crippen LogP contribution >= 0.6 is 0 Å². The Kier molecular flexibility index (Phi) is 1.92. The van der Waals surface area contributed by atoms with Crippen LogP contribution in [0.5, 0.6) is 0 Å². The van der Waals surface area contributed by atoms with Gasteiger partial charge in [0, 0.05) is 0 Å². The third-order valence-electron chi connectivity index (χ3n) is 5.79. The zero-order valence-electron chi connectivity index (χ0n) is 10.6. The highest BCUT2D eigenvalue weighted by atomic mass is 14.7. The van der Waals surface area contributed by atoms with E-state index in [1.807, 2.05) is 5.57 Å². The van der Waals surface area contributed by atoms with Crippen molar-refractivity contribution in [3.05, 3.63) is 11.1 Å². The van der Waals surface area contributed by atoms with Gasteiger partial charge >= 0.3 is 0 Å². The minimum atomic E-state index is 0.662. The second kappa shape index (κ2) is 2.90. The molecule has 3 aliphatic rings. The molecule has 2 saturated carbocycles. The summed E-state index contributed by atoms with van der Waals surface area (Å²) in [6.07, 6.45) is 5.73. The predicted molar refractivity (Wildman–Crippen MR) is 64.6 cm³/mol. The molecular weight excluding hydrogens is 180 g/mol. The SMILES string of the molecule is CC1=C2CC[C@@H](C)[C@H]2C2[C@@H](CC1)C2(C)C. The van der Waals surface area contributed by atoms with Crippen molar-refractivity contribution in [2.45, 2.75) is 53.4 Å². The number of hydrogen-bond donors (Lipinski definition) is 0. The van der Waals surface area contributed by atoms with E-state index in [2.05, 4.69) is 27.7 Å². The summed E-state index contributed by atoms with van der Waals surface area (Å²) in [6, 6.07) is 0. The monoisotopic (exact) mass is 204 g/mol. The summed E-state index contributed by atoms with van der Waals surface area (Å²) in [5, 5.41) is 0. The van der Waals surface area contributed by atoms with E-state index in [0.717, 1.165) is 23.7 Å². The first kappa shape index (κ1) is 9.93. The number of rotatable bonds is 0. The Balaban J connectivity index is 1.99. The lowest BCUT2D eigenvalue weighted by Crippen LogP contribution is -2.12. The number of fused-ring (bicyclic) bond motifs is 3. The van der Waals surface area contributed by atoms with Gasteiger partial charge in [0.15, 0.2) is 0 Å². The molecular formula is C15H24. The van der Waals surface area contributed by atoms with E-state index >= 15 is 0 Å². The molecule has 0 aromatic heterocycles. The molecule has 0 N–H and O–H groups in total. The van der Waals surface area contributed by atoms with Crippen molar-refractivity contribution < 1.29 is 0 Å². The number of hydrogen-bond acceptors (Lipinski definition) is 0. The molecule has 84 valence electrons. The van der Waals surface area contributed by atoms with Crippen LogP contribution in [0.15, 0.2) is 11.1 Å². The molecule has 0 aromatic rings. The van der Waals surface area contributed by atoms with Crippen LogP contribution in [-0.4, -0.2) is 0 Å². The fourth-order valence-electron chi connectivity index (χ4n) is 4.73. The maximum atomic E-state index is 2.51. The molecule has 0 saturated heterocycles. The Hall–Kier alpha value is -0.260. The molecule has 0 heterocycles. The van der Waals surface area contributed by atoms with Gasteiger partial charge in [0.05, 0.1) is 0 Å². The van der Waals surface area contributed by atoms with Crippen LogP contribution in [0.25, 0.3) is 0 Å². The molecule has 2 fully saturated rings. The first-order chi connectivity index (χ1) is 7.03. The van der Waals surface area contributed by atoms with Crippen molar-refractivity contribution in [2.75, 3.05) is 0 Å². The van der Waals surface area contributed by atoms with Crippen molar-refractivity contribution in [1.82, 2.24) is 0 Å². The highest BCUT2D eigenvalue weighted by Crippen LogP contribution is 2.69. The third-order valence-corrected chi connectivity index (χ3v) is 5.79. The quantitative estimate of drug-likeness (QED) is 0.513. The average Bonchev–Trinajstić information content (AvgIpc) is 2.55. The van der Waals surface area contributed by atoms with Crippen molar-refractivity contribution >= 4 is 0 Å². The standard InChI is InChI=1S/C15H24/c1-9-6-8-12-14(15(12,3)4)13-10(2)5-7-11(9)13/h10,12-14H,5-8H2,1-4H3/t10-,12-,13-,14?/m1/s1. The summed E-state index contributed by atoms with van der Waals surface area (Å²) in [7, 11) is 0.